The van der Waals surface area contributed by atoms with E-state index in [-0.39, 0.29) is 30.1 Å². The van der Waals surface area contributed by atoms with Crippen LogP contribution < -0.4 is 65.1 Å². The van der Waals surface area contributed by atoms with Gasteiger partial charge in [0, 0.05) is 36.3 Å². The van der Waals surface area contributed by atoms with Crippen LogP contribution in [0.3, 0.4) is 0 Å². The molecule has 0 aromatic heterocycles. The maximum Gasteiger partial charge on any atom is 0.251 e. The van der Waals surface area contributed by atoms with Crippen LogP contribution in [0.5, 0.6) is 0 Å². The van der Waals surface area contributed by atoms with Gasteiger partial charge in [-0.15, -0.1) is 12.4 Å². The lowest BCUT2D eigenvalue weighted by molar-refractivity contribution is 0.0952. The number of hydrogen-bond acceptors (Lipinski definition) is 12. The molecule has 320 valence electrons. The van der Waals surface area contributed by atoms with Gasteiger partial charge in [-0.3, -0.25) is 14.4 Å². The molecule has 0 aliphatic heterocycles. The van der Waals surface area contributed by atoms with Crippen molar-refractivity contribution >= 4 is 30.1 Å². The minimum atomic E-state index is -0.306. The molecule has 0 saturated heterocycles. The topological polar surface area (TPSA) is 238 Å². The first kappa shape index (κ1) is 52.6. The number of rotatable bonds is 39. The van der Waals surface area contributed by atoms with Crippen molar-refractivity contribution in [2.75, 3.05) is 118 Å². The van der Waals surface area contributed by atoms with Gasteiger partial charge in [0.1, 0.15) is 0 Å². The molecule has 15 nitrogen and oxygen atoms in total. The van der Waals surface area contributed by atoms with Crippen LogP contribution in [0.1, 0.15) is 108 Å². The Balaban J connectivity index is 0.0000292. The maximum absolute atomic E-state index is 13.2. The van der Waals surface area contributed by atoms with Crippen molar-refractivity contribution in [2.45, 2.75) is 77.0 Å². The van der Waals surface area contributed by atoms with E-state index in [2.05, 4.69) is 47.9 Å². The van der Waals surface area contributed by atoms with E-state index < -0.39 is 0 Å². The number of benzene rings is 1. The van der Waals surface area contributed by atoms with E-state index in [1.54, 1.807) is 18.2 Å². The van der Waals surface area contributed by atoms with Crippen LogP contribution in [0.2, 0.25) is 0 Å². The Labute approximate surface area is 338 Å². The van der Waals surface area contributed by atoms with E-state index in [1.165, 1.54) is 0 Å². The quantitative estimate of drug-likeness (QED) is 0.0406. The van der Waals surface area contributed by atoms with Gasteiger partial charge in [-0.05, 0) is 193 Å². The molecule has 0 atom stereocenters. The minimum Gasteiger partial charge on any atom is -0.352 e. The van der Waals surface area contributed by atoms with Crippen LogP contribution in [0.25, 0.3) is 0 Å². The summed E-state index contributed by atoms with van der Waals surface area (Å²) in [5.41, 5.74) is 17.4. The van der Waals surface area contributed by atoms with Gasteiger partial charge in [-0.2, -0.15) is 0 Å². The largest absolute Gasteiger partial charge is 0.352 e. The third kappa shape index (κ3) is 31.3. The van der Waals surface area contributed by atoms with Crippen molar-refractivity contribution in [3.8, 4) is 0 Å². The average Bonchev–Trinajstić information content (AvgIpc) is 3.18. The summed E-state index contributed by atoms with van der Waals surface area (Å²) in [5, 5.41) is 29.3. The van der Waals surface area contributed by atoms with Crippen LogP contribution in [0.4, 0.5) is 0 Å². The first-order chi connectivity index (χ1) is 26.5. The maximum atomic E-state index is 13.2. The van der Waals surface area contributed by atoms with E-state index in [0.717, 1.165) is 156 Å². The summed E-state index contributed by atoms with van der Waals surface area (Å²) in [6, 6.07) is 4.70. The second-order valence-electron chi connectivity index (χ2n) is 13.7. The third-order valence-electron chi connectivity index (χ3n) is 8.71. The molecule has 0 saturated carbocycles. The Kier molecular flexibility index (Phi) is 38.0. The van der Waals surface area contributed by atoms with E-state index in [1.807, 2.05) is 0 Å². The van der Waals surface area contributed by atoms with Crippen molar-refractivity contribution in [3.05, 3.63) is 34.9 Å². The summed E-state index contributed by atoms with van der Waals surface area (Å²) in [5.74, 6) is -0.917. The highest BCUT2D eigenvalue weighted by Crippen LogP contribution is 2.12. The van der Waals surface area contributed by atoms with Gasteiger partial charge >= 0.3 is 0 Å². The van der Waals surface area contributed by atoms with Crippen molar-refractivity contribution in [1.82, 2.24) is 47.9 Å². The standard InChI is InChI=1S/C39H78N12O3.ClH/c40-13-7-22-43-16-1-4-19-46-25-10-28-49-37(52)34-31-35(38(53)50-29-11-26-47-20-5-2-17-44-23-8-14-41)33-36(32-34)39(54)51-30-12-27-48-21-6-3-18-45-24-9-15-42;/h31-33,43-48H,1-30,40-42H2,(H,49,52)(H,50,53)(H,51,54);1H. The zero-order valence-corrected chi connectivity index (χ0v) is 34.6. The van der Waals surface area contributed by atoms with E-state index in [9.17, 15) is 14.4 Å². The molecule has 16 heteroatoms. The lowest BCUT2D eigenvalue weighted by Crippen LogP contribution is -2.31. The number of hydrogen-bond donors (Lipinski definition) is 12. The molecule has 0 aliphatic rings. The molecule has 0 fully saturated rings. The summed E-state index contributed by atoms with van der Waals surface area (Å²) in [6.45, 7) is 14.6. The highest BCUT2D eigenvalue weighted by Gasteiger charge is 2.16. The van der Waals surface area contributed by atoms with Crippen molar-refractivity contribution in [2.24, 2.45) is 17.2 Å². The summed E-state index contributed by atoms with van der Waals surface area (Å²) >= 11 is 0. The predicted octanol–water partition coefficient (Wildman–Crippen LogP) is 0.393. The second-order valence-corrected chi connectivity index (χ2v) is 13.7. The number of halogens is 1. The molecular formula is C39H79ClN12O3. The zero-order valence-electron chi connectivity index (χ0n) is 33.8. The van der Waals surface area contributed by atoms with Crippen molar-refractivity contribution < 1.29 is 14.4 Å². The Hall–Kier alpha value is -2.44. The van der Waals surface area contributed by atoms with Gasteiger partial charge in [-0.25, -0.2) is 0 Å². The van der Waals surface area contributed by atoms with Crippen LogP contribution in [0.15, 0.2) is 18.2 Å². The number of nitrogens with two attached hydrogens (primary N) is 3. The van der Waals surface area contributed by atoms with E-state index >= 15 is 0 Å². The molecule has 0 unspecified atom stereocenters. The van der Waals surface area contributed by atoms with Gasteiger partial charge in [0.2, 0.25) is 0 Å². The van der Waals surface area contributed by atoms with E-state index in [4.69, 9.17) is 17.2 Å². The SMILES string of the molecule is Cl.NCCCNCCCCNCCCNC(=O)c1cc(C(=O)NCCCNCCCCNCCCN)cc(C(=O)NCCCNCCCCNCCCN)c1. The first-order valence-electron chi connectivity index (χ1n) is 20.9. The van der Waals surface area contributed by atoms with Crippen molar-refractivity contribution in [3.63, 3.8) is 0 Å². The van der Waals surface area contributed by atoms with Crippen LogP contribution in [-0.4, -0.2) is 136 Å². The Morgan fingerprint density at radius 2 is 0.527 bits per heavy atom. The smallest absolute Gasteiger partial charge is 0.251 e. The Bertz CT molecular complexity index is 932. The molecule has 55 heavy (non-hydrogen) atoms. The normalized spacial score (nSPS) is 11.0. The first-order valence-corrected chi connectivity index (χ1v) is 20.9. The summed E-state index contributed by atoms with van der Waals surface area (Å²) in [4.78, 5) is 39.5. The second kappa shape index (κ2) is 39.8. The van der Waals surface area contributed by atoms with Crippen molar-refractivity contribution in [1.29, 1.82) is 0 Å². The summed E-state index contributed by atoms with van der Waals surface area (Å²) in [7, 11) is 0. The number of unbranched alkanes of at least 4 members (excludes halogenated alkanes) is 3. The molecule has 0 bridgehead atoms. The summed E-state index contributed by atoms with van der Waals surface area (Å²) < 4.78 is 0. The molecule has 3 amide bonds. The monoisotopic (exact) mass is 799 g/mol. The fourth-order valence-electron chi connectivity index (χ4n) is 5.50. The number of carbonyl (C=O) groups excluding carboxylic acids is 3. The fraction of sp³-hybridized carbons (Fsp3) is 0.769. The lowest BCUT2D eigenvalue weighted by Gasteiger charge is -2.12. The molecule has 15 N–H and O–H groups in total. The molecule has 0 spiro atoms. The van der Waals surface area contributed by atoms with Gasteiger partial charge < -0.3 is 65.1 Å². The van der Waals surface area contributed by atoms with E-state index in [0.29, 0.717) is 56.0 Å². The molecule has 1 aromatic carbocycles. The molecule has 1 aromatic rings. The number of carbonyl (C=O) groups is 3. The molecule has 0 heterocycles. The number of nitrogens with one attached hydrogen (secondary N) is 9. The average molecular weight is 800 g/mol. The minimum absolute atomic E-state index is 0. The van der Waals surface area contributed by atoms with Crippen LogP contribution in [-0.2, 0) is 0 Å². The molecule has 0 radical (unpaired) electrons. The molecule has 1 rings (SSSR count). The van der Waals surface area contributed by atoms with Gasteiger partial charge in [0.15, 0.2) is 0 Å². The predicted molar refractivity (Wildman–Crippen MR) is 230 cm³/mol. The molecule has 0 aliphatic carbocycles. The number of amides is 3. The third-order valence-corrected chi connectivity index (χ3v) is 8.71. The lowest BCUT2D eigenvalue weighted by atomic mass is 10.0. The van der Waals surface area contributed by atoms with Gasteiger partial charge in [-0.1, -0.05) is 0 Å². The highest BCUT2D eigenvalue weighted by molar-refractivity contribution is 6.04. The Morgan fingerprint density at radius 3 is 0.745 bits per heavy atom. The van der Waals surface area contributed by atoms with Gasteiger partial charge in [0.05, 0.1) is 0 Å². The fourth-order valence-corrected chi connectivity index (χ4v) is 5.50. The van der Waals surface area contributed by atoms with Crippen LogP contribution in [0, 0.1) is 0 Å². The zero-order chi connectivity index (χ0) is 39.2. The highest BCUT2D eigenvalue weighted by atomic mass is 35.5. The van der Waals surface area contributed by atoms with Crippen LogP contribution >= 0.6 is 12.4 Å². The summed E-state index contributed by atoms with van der Waals surface area (Å²) in [6.07, 6.45) is 11.9. The van der Waals surface area contributed by atoms with Gasteiger partial charge in [0.25, 0.3) is 17.7 Å². The Morgan fingerprint density at radius 1 is 0.327 bits per heavy atom. The molecular weight excluding hydrogens is 720 g/mol.